The van der Waals surface area contributed by atoms with Crippen molar-refractivity contribution in [1.82, 2.24) is 0 Å². The van der Waals surface area contributed by atoms with Crippen molar-refractivity contribution in [1.29, 1.82) is 0 Å². The van der Waals surface area contributed by atoms with Crippen molar-refractivity contribution in [2.75, 3.05) is 16.8 Å². The van der Waals surface area contributed by atoms with Crippen molar-refractivity contribution in [3.8, 4) is 11.5 Å². The average Bonchev–Trinajstić information content (AvgIpc) is 2.36. The standard InChI is InChI=1S/C13H13N3O3/c14-7-1-3-10(15)9(5-7)13(19)16-11-6-8(17)2-4-12(11)18/h1-6,17-18H,14-15H2,(H,16,19). The summed E-state index contributed by atoms with van der Waals surface area (Å²) in [5, 5.41) is 21.3. The molecular weight excluding hydrogens is 246 g/mol. The van der Waals surface area contributed by atoms with Gasteiger partial charge >= 0.3 is 0 Å². The first kappa shape index (κ1) is 12.6. The second-order valence-electron chi connectivity index (χ2n) is 4.00. The zero-order chi connectivity index (χ0) is 14.0. The molecule has 0 saturated carbocycles. The van der Waals surface area contributed by atoms with E-state index in [2.05, 4.69) is 5.32 Å². The molecule has 0 aliphatic rings. The molecule has 0 radical (unpaired) electrons. The van der Waals surface area contributed by atoms with Gasteiger partial charge in [-0.05, 0) is 30.3 Å². The van der Waals surface area contributed by atoms with Gasteiger partial charge in [0, 0.05) is 17.4 Å². The Morgan fingerprint density at radius 2 is 1.79 bits per heavy atom. The monoisotopic (exact) mass is 259 g/mol. The van der Waals surface area contributed by atoms with E-state index in [1.165, 1.54) is 30.3 Å². The average molecular weight is 259 g/mol. The van der Waals surface area contributed by atoms with Crippen LogP contribution in [0, 0.1) is 0 Å². The summed E-state index contributed by atoms with van der Waals surface area (Å²) in [7, 11) is 0. The third kappa shape index (κ3) is 2.68. The van der Waals surface area contributed by atoms with E-state index in [0.717, 1.165) is 0 Å². The quantitative estimate of drug-likeness (QED) is 0.318. The first-order chi connectivity index (χ1) is 8.97. The van der Waals surface area contributed by atoms with Gasteiger partial charge in [-0.3, -0.25) is 4.79 Å². The zero-order valence-corrected chi connectivity index (χ0v) is 9.92. The fourth-order valence-electron chi connectivity index (χ4n) is 1.58. The molecule has 6 heteroatoms. The van der Waals surface area contributed by atoms with Gasteiger partial charge in [0.05, 0.1) is 11.3 Å². The molecule has 2 aromatic rings. The van der Waals surface area contributed by atoms with Crippen molar-refractivity contribution in [2.45, 2.75) is 0 Å². The van der Waals surface area contributed by atoms with E-state index in [1.54, 1.807) is 6.07 Å². The Labute approximate surface area is 109 Å². The van der Waals surface area contributed by atoms with Gasteiger partial charge in [-0.1, -0.05) is 0 Å². The fraction of sp³-hybridized carbons (Fsp3) is 0. The predicted molar refractivity (Wildman–Crippen MR) is 73.0 cm³/mol. The van der Waals surface area contributed by atoms with Crippen LogP contribution >= 0.6 is 0 Å². The van der Waals surface area contributed by atoms with Crippen LogP contribution in [0.25, 0.3) is 0 Å². The van der Waals surface area contributed by atoms with Crippen molar-refractivity contribution >= 4 is 23.0 Å². The normalized spacial score (nSPS) is 10.1. The van der Waals surface area contributed by atoms with E-state index in [0.29, 0.717) is 5.69 Å². The van der Waals surface area contributed by atoms with Crippen LogP contribution in [0.4, 0.5) is 17.1 Å². The highest BCUT2D eigenvalue weighted by Crippen LogP contribution is 2.28. The maximum absolute atomic E-state index is 12.0. The molecule has 0 atom stereocenters. The third-order valence-corrected chi connectivity index (χ3v) is 2.55. The van der Waals surface area contributed by atoms with Crippen LogP contribution in [0.5, 0.6) is 11.5 Å². The maximum Gasteiger partial charge on any atom is 0.257 e. The minimum atomic E-state index is -0.522. The van der Waals surface area contributed by atoms with Gasteiger partial charge in [0.2, 0.25) is 0 Å². The molecule has 7 N–H and O–H groups in total. The third-order valence-electron chi connectivity index (χ3n) is 2.55. The van der Waals surface area contributed by atoms with Gasteiger partial charge in [-0.2, -0.15) is 0 Å². The van der Waals surface area contributed by atoms with E-state index in [-0.39, 0.29) is 28.4 Å². The molecule has 0 aliphatic heterocycles. The van der Waals surface area contributed by atoms with Gasteiger partial charge in [0.25, 0.3) is 5.91 Å². The molecule has 0 fully saturated rings. The number of nitrogen functional groups attached to an aromatic ring is 2. The number of hydrogen-bond acceptors (Lipinski definition) is 5. The minimum Gasteiger partial charge on any atom is -0.508 e. The topological polar surface area (TPSA) is 122 Å². The maximum atomic E-state index is 12.0. The SMILES string of the molecule is Nc1ccc(N)c(C(=O)Nc2cc(O)ccc2O)c1. The first-order valence-electron chi connectivity index (χ1n) is 5.45. The van der Waals surface area contributed by atoms with Crippen LogP contribution in [-0.4, -0.2) is 16.1 Å². The number of carbonyl (C=O) groups is 1. The molecule has 0 saturated heterocycles. The molecule has 19 heavy (non-hydrogen) atoms. The number of nitrogens with two attached hydrogens (primary N) is 2. The number of rotatable bonds is 2. The van der Waals surface area contributed by atoms with Crippen LogP contribution in [0.1, 0.15) is 10.4 Å². The summed E-state index contributed by atoms with van der Waals surface area (Å²) in [6.45, 7) is 0. The van der Waals surface area contributed by atoms with Gasteiger partial charge in [0.15, 0.2) is 0 Å². The summed E-state index contributed by atoms with van der Waals surface area (Å²) in [6.07, 6.45) is 0. The number of aromatic hydroxyl groups is 2. The Kier molecular flexibility index (Phi) is 3.15. The van der Waals surface area contributed by atoms with Crippen LogP contribution < -0.4 is 16.8 Å². The number of benzene rings is 2. The summed E-state index contributed by atoms with van der Waals surface area (Å²) in [6, 6.07) is 8.35. The molecule has 0 aromatic heterocycles. The molecule has 0 aliphatic carbocycles. The highest BCUT2D eigenvalue weighted by Gasteiger charge is 2.12. The Balaban J connectivity index is 2.30. The second kappa shape index (κ2) is 4.77. The molecule has 0 unspecified atom stereocenters. The molecule has 6 nitrogen and oxygen atoms in total. The Morgan fingerprint density at radius 1 is 1.05 bits per heavy atom. The van der Waals surface area contributed by atoms with Gasteiger partial charge in [-0.25, -0.2) is 0 Å². The summed E-state index contributed by atoms with van der Waals surface area (Å²) < 4.78 is 0. The largest absolute Gasteiger partial charge is 0.508 e. The number of hydrogen-bond donors (Lipinski definition) is 5. The molecule has 1 amide bonds. The number of anilines is 3. The van der Waals surface area contributed by atoms with Gasteiger partial charge in [-0.15, -0.1) is 0 Å². The first-order valence-corrected chi connectivity index (χ1v) is 5.45. The Morgan fingerprint density at radius 3 is 2.53 bits per heavy atom. The summed E-state index contributed by atoms with van der Waals surface area (Å²) in [5.74, 6) is -0.757. The summed E-state index contributed by atoms with van der Waals surface area (Å²) >= 11 is 0. The zero-order valence-electron chi connectivity index (χ0n) is 9.92. The number of phenols is 2. The second-order valence-corrected chi connectivity index (χ2v) is 4.00. The molecule has 98 valence electrons. The number of phenolic OH excluding ortho intramolecular Hbond substituents is 2. The predicted octanol–water partition coefficient (Wildman–Crippen LogP) is 1.51. The molecule has 0 bridgehead atoms. The van der Waals surface area contributed by atoms with Crippen molar-refractivity contribution in [2.24, 2.45) is 0 Å². The lowest BCUT2D eigenvalue weighted by molar-refractivity contribution is 0.102. The van der Waals surface area contributed by atoms with Crippen LogP contribution in [0.3, 0.4) is 0 Å². The molecule has 2 aromatic carbocycles. The Bertz CT molecular complexity index is 641. The Hall–Kier alpha value is -2.89. The highest BCUT2D eigenvalue weighted by atomic mass is 16.3. The van der Waals surface area contributed by atoms with E-state index in [9.17, 15) is 15.0 Å². The fourth-order valence-corrected chi connectivity index (χ4v) is 1.58. The lowest BCUT2D eigenvalue weighted by Crippen LogP contribution is -2.14. The van der Waals surface area contributed by atoms with Crippen molar-refractivity contribution < 1.29 is 15.0 Å². The van der Waals surface area contributed by atoms with Gasteiger partial charge < -0.3 is 27.0 Å². The summed E-state index contributed by atoms with van der Waals surface area (Å²) in [5.41, 5.74) is 12.2. The van der Waals surface area contributed by atoms with E-state index in [4.69, 9.17) is 11.5 Å². The number of carbonyl (C=O) groups excluding carboxylic acids is 1. The summed E-state index contributed by atoms with van der Waals surface area (Å²) in [4.78, 5) is 12.0. The molecular formula is C13H13N3O3. The molecule has 2 rings (SSSR count). The number of nitrogens with one attached hydrogen (secondary N) is 1. The molecule has 0 spiro atoms. The van der Waals surface area contributed by atoms with Crippen LogP contribution in [-0.2, 0) is 0 Å². The van der Waals surface area contributed by atoms with Crippen LogP contribution in [0.2, 0.25) is 0 Å². The van der Waals surface area contributed by atoms with E-state index < -0.39 is 5.91 Å². The minimum absolute atomic E-state index is 0.0753. The molecule has 0 heterocycles. The lowest BCUT2D eigenvalue weighted by Gasteiger charge is -2.10. The van der Waals surface area contributed by atoms with Gasteiger partial charge in [0.1, 0.15) is 11.5 Å². The van der Waals surface area contributed by atoms with E-state index in [1.807, 2.05) is 0 Å². The van der Waals surface area contributed by atoms with Crippen molar-refractivity contribution in [3.05, 3.63) is 42.0 Å². The number of amides is 1. The highest BCUT2D eigenvalue weighted by molar-refractivity contribution is 6.08. The van der Waals surface area contributed by atoms with Crippen LogP contribution in [0.15, 0.2) is 36.4 Å². The smallest absolute Gasteiger partial charge is 0.257 e. The lowest BCUT2D eigenvalue weighted by atomic mass is 10.1. The van der Waals surface area contributed by atoms with Crippen molar-refractivity contribution in [3.63, 3.8) is 0 Å². The van der Waals surface area contributed by atoms with E-state index >= 15 is 0 Å².